The Morgan fingerprint density at radius 3 is 2.48 bits per heavy atom. The lowest BCUT2D eigenvalue weighted by Crippen LogP contribution is -2.49. The zero-order chi connectivity index (χ0) is 17.5. The summed E-state index contributed by atoms with van der Waals surface area (Å²) in [5.41, 5.74) is -0.486. The molecule has 1 saturated heterocycles. The molecule has 1 rings (SSSR count). The summed E-state index contributed by atoms with van der Waals surface area (Å²) in [6.07, 6.45) is 3.18. The van der Waals surface area contributed by atoms with Crippen molar-refractivity contribution in [2.45, 2.75) is 64.7 Å². The number of hydrogen-bond acceptors (Lipinski definition) is 4. The van der Waals surface area contributed by atoms with Crippen LogP contribution in [0.15, 0.2) is 12.7 Å². The van der Waals surface area contributed by atoms with Crippen LogP contribution in [0, 0.1) is 0 Å². The predicted molar refractivity (Wildman–Crippen MR) is 89.2 cm³/mol. The van der Waals surface area contributed by atoms with Gasteiger partial charge in [0.2, 0.25) is 5.91 Å². The lowest BCUT2D eigenvalue weighted by atomic mass is 10.1. The monoisotopic (exact) mass is 326 g/mol. The zero-order valence-electron chi connectivity index (χ0n) is 14.8. The van der Waals surface area contributed by atoms with Gasteiger partial charge in [0.25, 0.3) is 0 Å². The summed E-state index contributed by atoms with van der Waals surface area (Å²) < 4.78 is 10.8. The van der Waals surface area contributed by atoms with Gasteiger partial charge in [0.05, 0.1) is 6.61 Å². The molecule has 2 amide bonds. The van der Waals surface area contributed by atoms with Gasteiger partial charge in [0.1, 0.15) is 11.7 Å². The number of ether oxygens (including phenoxy) is 2. The molecule has 1 aliphatic rings. The molecule has 1 aliphatic heterocycles. The number of piperidine rings is 1. The number of hydrogen-bond donors (Lipinski definition) is 1. The highest BCUT2D eigenvalue weighted by atomic mass is 16.6. The third-order valence-corrected chi connectivity index (χ3v) is 3.55. The maximum Gasteiger partial charge on any atom is 0.410 e. The topological polar surface area (TPSA) is 67.9 Å². The number of carbonyl (C=O) groups excluding carboxylic acids is 2. The summed E-state index contributed by atoms with van der Waals surface area (Å²) in [6.45, 7) is 12.6. The van der Waals surface area contributed by atoms with E-state index in [0.29, 0.717) is 19.7 Å². The molecule has 0 aromatic carbocycles. The highest BCUT2D eigenvalue weighted by molar-refractivity contribution is 5.80. The first kappa shape index (κ1) is 19.5. The maximum atomic E-state index is 12.0. The Balaban J connectivity index is 2.32. The molecule has 132 valence electrons. The van der Waals surface area contributed by atoms with Gasteiger partial charge in [-0.2, -0.15) is 0 Å². The first-order valence-corrected chi connectivity index (χ1v) is 8.23. The van der Waals surface area contributed by atoms with Gasteiger partial charge in [-0.05, 0) is 47.0 Å². The van der Waals surface area contributed by atoms with Crippen molar-refractivity contribution in [1.29, 1.82) is 0 Å². The largest absolute Gasteiger partial charge is 0.444 e. The fourth-order valence-corrected chi connectivity index (χ4v) is 2.26. The SMILES string of the molecule is C=CCCOC(C)C(=O)NC1CCN(C(=O)OC(C)(C)C)CC1. The van der Waals surface area contributed by atoms with E-state index >= 15 is 0 Å². The van der Waals surface area contributed by atoms with E-state index in [-0.39, 0.29) is 18.0 Å². The molecule has 1 heterocycles. The number of rotatable bonds is 6. The predicted octanol–water partition coefficient (Wildman–Crippen LogP) is 2.48. The van der Waals surface area contributed by atoms with E-state index < -0.39 is 11.7 Å². The Hall–Kier alpha value is -1.56. The maximum absolute atomic E-state index is 12.0. The number of carbonyl (C=O) groups is 2. The van der Waals surface area contributed by atoms with Crippen LogP contribution in [-0.4, -0.2) is 54.3 Å². The third kappa shape index (κ3) is 7.50. The first-order chi connectivity index (χ1) is 10.7. The van der Waals surface area contributed by atoms with Gasteiger partial charge in [-0.3, -0.25) is 4.79 Å². The van der Waals surface area contributed by atoms with E-state index in [4.69, 9.17) is 9.47 Å². The van der Waals surface area contributed by atoms with E-state index in [0.717, 1.165) is 19.3 Å². The molecule has 0 aromatic rings. The molecule has 0 spiro atoms. The van der Waals surface area contributed by atoms with E-state index in [1.54, 1.807) is 17.9 Å². The van der Waals surface area contributed by atoms with Gasteiger partial charge in [0.15, 0.2) is 0 Å². The van der Waals surface area contributed by atoms with Crippen molar-refractivity contribution in [3.05, 3.63) is 12.7 Å². The molecule has 6 nitrogen and oxygen atoms in total. The van der Waals surface area contributed by atoms with Gasteiger partial charge in [-0.25, -0.2) is 4.79 Å². The molecule has 23 heavy (non-hydrogen) atoms. The highest BCUT2D eigenvalue weighted by Gasteiger charge is 2.28. The third-order valence-electron chi connectivity index (χ3n) is 3.55. The lowest BCUT2D eigenvalue weighted by Gasteiger charge is -2.34. The summed E-state index contributed by atoms with van der Waals surface area (Å²) in [4.78, 5) is 25.7. The van der Waals surface area contributed by atoms with E-state index in [9.17, 15) is 9.59 Å². The summed E-state index contributed by atoms with van der Waals surface area (Å²) in [7, 11) is 0. The van der Waals surface area contributed by atoms with E-state index in [1.165, 1.54) is 0 Å². The van der Waals surface area contributed by atoms with E-state index in [1.807, 2.05) is 20.8 Å². The van der Waals surface area contributed by atoms with Crippen LogP contribution in [-0.2, 0) is 14.3 Å². The molecule has 1 unspecified atom stereocenters. The van der Waals surface area contributed by atoms with Crippen molar-refractivity contribution in [2.24, 2.45) is 0 Å². The van der Waals surface area contributed by atoms with Gasteiger partial charge in [-0.1, -0.05) is 6.08 Å². The van der Waals surface area contributed by atoms with Crippen molar-refractivity contribution in [1.82, 2.24) is 10.2 Å². The minimum Gasteiger partial charge on any atom is -0.444 e. The molecule has 1 fully saturated rings. The number of nitrogens with zero attached hydrogens (tertiary/aromatic N) is 1. The quantitative estimate of drug-likeness (QED) is 0.601. The summed E-state index contributed by atoms with van der Waals surface area (Å²) in [6, 6.07) is 0.0756. The van der Waals surface area contributed by atoms with Crippen molar-refractivity contribution in [3.63, 3.8) is 0 Å². The first-order valence-electron chi connectivity index (χ1n) is 8.23. The molecule has 1 N–H and O–H groups in total. The van der Waals surface area contributed by atoms with Crippen LogP contribution in [0.25, 0.3) is 0 Å². The summed E-state index contributed by atoms with van der Waals surface area (Å²) in [5.74, 6) is -0.107. The van der Waals surface area contributed by atoms with Crippen molar-refractivity contribution in [2.75, 3.05) is 19.7 Å². The van der Waals surface area contributed by atoms with Crippen LogP contribution in [0.2, 0.25) is 0 Å². The molecule has 0 aromatic heterocycles. The average Bonchev–Trinajstić information content (AvgIpc) is 2.46. The van der Waals surface area contributed by atoms with Crippen LogP contribution in [0.5, 0.6) is 0 Å². The molecule has 0 aliphatic carbocycles. The van der Waals surface area contributed by atoms with Crippen molar-refractivity contribution in [3.8, 4) is 0 Å². The van der Waals surface area contributed by atoms with Crippen LogP contribution in [0.1, 0.15) is 47.0 Å². The van der Waals surface area contributed by atoms with Crippen molar-refractivity contribution >= 4 is 12.0 Å². The molecule has 6 heteroatoms. The molecule has 0 radical (unpaired) electrons. The number of amides is 2. The molecular formula is C17H30N2O4. The normalized spacial score (nSPS) is 17.5. The second-order valence-corrected chi connectivity index (χ2v) is 6.84. The smallest absolute Gasteiger partial charge is 0.410 e. The van der Waals surface area contributed by atoms with Crippen LogP contribution in [0.4, 0.5) is 4.79 Å². The molecule has 1 atom stereocenters. The Kier molecular flexibility index (Phi) is 7.55. The van der Waals surface area contributed by atoms with Crippen LogP contribution in [0.3, 0.4) is 0 Å². The van der Waals surface area contributed by atoms with E-state index in [2.05, 4.69) is 11.9 Å². The summed E-state index contributed by atoms with van der Waals surface area (Å²) in [5, 5.41) is 2.98. The van der Waals surface area contributed by atoms with Gasteiger partial charge in [-0.15, -0.1) is 6.58 Å². The fraction of sp³-hybridized carbons (Fsp3) is 0.765. The highest BCUT2D eigenvalue weighted by Crippen LogP contribution is 2.15. The Morgan fingerprint density at radius 2 is 1.96 bits per heavy atom. The van der Waals surface area contributed by atoms with Crippen LogP contribution < -0.4 is 5.32 Å². The minimum atomic E-state index is -0.486. The number of nitrogens with one attached hydrogen (secondary N) is 1. The Bertz CT molecular complexity index is 409. The standard InChI is InChI=1S/C17H30N2O4/c1-6-7-12-22-13(2)15(20)18-14-8-10-19(11-9-14)16(21)23-17(3,4)5/h6,13-14H,1,7-12H2,2-5H3,(H,18,20). The summed E-state index contributed by atoms with van der Waals surface area (Å²) >= 11 is 0. The van der Waals surface area contributed by atoms with Gasteiger partial charge in [0, 0.05) is 19.1 Å². The number of likely N-dealkylation sites (tertiary alicyclic amines) is 1. The molecule has 0 saturated carbocycles. The van der Waals surface area contributed by atoms with Crippen LogP contribution >= 0.6 is 0 Å². The zero-order valence-corrected chi connectivity index (χ0v) is 14.8. The molecular weight excluding hydrogens is 296 g/mol. The average molecular weight is 326 g/mol. The second-order valence-electron chi connectivity index (χ2n) is 6.84. The second kappa shape index (κ2) is 8.91. The Morgan fingerprint density at radius 1 is 1.35 bits per heavy atom. The molecule has 0 bridgehead atoms. The minimum absolute atomic E-state index is 0.0756. The van der Waals surface area contributed by atoms with Gasteiger partial charge < -0.3 is 19.7 Å². The lowest BCUT2D eigenvalue weighted by molar-refractivity contribution is -0.132. The fourth-order valence-electron chi connectivity index (χ4n) is 2.26. The Labute approximate surface area is 139 Å². The van der Waals surface area contributed by atoms with Gasteiger partial charge >= 0.3 is 6.09 Å². The van der Waals surface area contributed by atoms with Crippen molar-refractivity contribution < 1.29 is 19.1 Å².